The molecular formula is C26H28N2O4S. The molecule has 3 rings (SSSR count). The number of ether oxygens (including phenoxy) is 2. The zero-order chi connectivity index (χ0) is 23.6. The Kier molecular flexibility index (Phi) is 8.66. The van der Waals surface area contributed by atoms with E-state index in [1.165, 1.54) is 11.3 Å². The van der Waals surface area contributed by atoms with Gasteiger partial charge in [0.1, 0.15) is 17.5 Å². The number of carbonyl (C=O) groups is 2. The van der Waals surface area contributed by atoms with Crippen molar-refractivity contribution < 1.29 is 19.1 Å². The van der Waals surface area contributed by atoms with Gasteiger partial charge in [-0.2, -0.15) is 0 Å². The Morgan fingerprint density at radius 2 is 1.67 bits per heavy atom. The van der Waals surface area contributed by atoms with Gasteiger partial charge in [0.05, 0.1) is 20.6 Å². The van der Waals surface area contributed by atoms with Gasteiger partial charge in [-0.05, 0) is 46.8 Å². The number of hydrogen-bond donors (Lipinski definition) is 1. The van der Waals surface area contributed by atoms with Crippen molar-refractivity contribution in [2.24, 2.45) is 0 Å². The molecule has 7 heteroatoms. The second kappa shape index (κ2) is 11.9. The minimum absolute atomic E-state index is 0.141. The molecule has 6 nitrogen and oxygen atoms in total. The van der Waals surface area contributed by atoms with Crippen LogP contribution in [0.5, 0.6) is 11.5 Å². The summed E-state index contributed by atoms with van der Waals surface area (Å²) in [4.78, 5) is 29.2. The van der Waals surface area contributed by atoms with Crippen LogP contribution in [0.1, 0.15) is 22.0 Å². The highest BCUT2D eigenvalue weighted by atomic mass is 32.1. The monoisotopic (exact) mass is 464 g/mol. The fourth-order valence-corrected chi connectivity index (χ4v) is 4.14. The van der Waals surface area contributed by atoms with Gasteiger partial charge in [-0.15, -0.1) is 17.9 Å². The molecule has 1 atom stereocenters. The number of rotatable bonds is 11. The van der Waals surface area contributed by atoms with Crippen LogP contribution < -0.4 is 14.8 Å². The van der Waals surface area contributed by atoms with E-state index in [0.29, 0.717) is 17.9 Å². The zero-order valence-corrected chi connectivity index (χ0v) is 19.6. The fraction of sp³-hybridized carbons (Fsp3) is 0.231. The summed E-state index contributed by atoms with van der Waals surface area (Å²) < 4.78 is 10.4. The van der Waals surface area contributed by atoms with Gasteiger partial charge < -0.3 is 19.7 Å². The quantitative estimate of drug-likeness (QED) is 0.428. The van der Waals surface area contributed by atoms with Crippen LogP contribution >= 0.6 is 11.3 Å². The highest BCUT2D eigenvalue weighted by Gasteiger charge is 2.30. The molecule has 0 fully saturated rings. The molecule has 1 N–H and O–H groups in total. The first-order chi connectivity index (χ1) is 16.0. The van der Waals surface area contributed by atoms with E-state index in [2.05, 4.69) is 11.9 Å². The molecule has 0 aliphatic heterocycles. The number of hydrogen-bond acceptors (Lipinski definition) is 5. The topological polar surface area (TPSA) is 67.9 Å². The molecule has 1 aromatic heterocycles. The largest absolute Gasteiger partial charge is 0.497 e. The predicted molar refractivity (Wildman–Crippen MR) is 131 cm³/mol. The van der Waals surface area contributed by atoms with E-state index < -0.39 is 6.04 Å². The van der Waals surface area contributed by atoms with E-state index in [4.69, 9.17) is 9.47 Å². The fourth-order valence-electron chi connectivity index (χ4n) is 3.44. The summed E-state index contributed by atoms with van der Waals surface area (Å²) in [5.41, 5.74) is 1.63. The molecule has 0 saturated heterocycles. The molecule has 172 valence electrons. The summed E-state index contributed by atoms with van der Waals surface area (Å²) in [6.07, 6.45) is 1.86. The first-order valence-electron chi connectivity index (χ1n) is 10.5. The average Bonchev–Trinajstić information content (AvgIpc) is 3.36. The molecule has 0 saturated carbocycles. The summed E-state index contributed by atoms with van der Waals surface area (Å²) in [6.45, 7) is 4.37. The van der Waals surface area contributed by atoms with Crippen LogP contribution in [0.4, 0.5) is 0 Å². The number of methoxy groups -OCH3 is 2. The van der Waals surface area contributed by atoms with Gasteiger partial charge in [0.2, 0.25) is 11.8 Å². The van der Waals surface area contributed by atoms with Crippen molar-refractivity contribution in [1.29, 1.82) is 0 Å². The number of benzene rings is 2. The first-order valence-corrected chi connectivity index (χ1v) is 11.4. The molecule has 0 aliphatic rings. The normalized spacial score (nSPS) is 11.3. The summed E-state index contributed by atoms with van der Waals surface area (Å²) >= 11 is 1.52. The molecule has 2 aromatic carbocycles. The van der Waals surface area contributed by atoms with E-state index in [9.17, 15) is 9.59 Å². The molecule has 0 bridgehead atoms. The summed E-state index contributed by atoms with van der Waals surface area (Å²) in [7, 11) is 3.19. The Morgan fingerprint density at radius 3 is 2.21 bits per heavy atom. The van der Waals surface area contributed by atoms with Crippen molar-refractivity contribution in [3.63, 3.8) is 0 Å². The van der Waals surface area contributed by atoms with Crippen molar-refractivity contribution in [3.05, 3.63) is 94.7 Å². The van der Waals surface area contributed by atoms with Crippen LogP contribution in [0.15, 0.2) is 78.7 Å². The minimum Gasteiger partial charge on any atom is -0.497 e. The Bertz CT molecular complexity index is 1050. The van der Waals surface area contributed by atoms with Crippen LogP contribution in [-0.4, -0.2) is 37.5 Å². The Hall–Kier alpha value is -3.58. The number of amides is 2. The lowest BCUT2D eigenvalue weighted by Crippen LogP contribution is -2.44. The van der Waals surface area contributed by atoms with Crippen LogP contribution in [0.25, 0.3) is 0 Å². The smallest absolute Gasteiger partial charge is 0.247 e. The van der Waals surface area contributed by atoms with Crippen LogP contribution in [0.2, 0.25) is 0 Å². The minimum atomic E-state index is -0.806. The molecule has 1 heterocycles. The van der Waals surface area contributed by atoms with E-state index >= 15 is 0 Å². The molecule has 0 radical (unpaired) electrons. The lowest BCUT2D eigenvalue weighted by atomic mass is 10.0. The lowest BCUT2D eigenvalue weighted by Gasteiger charge is -2.30. The summed E-state index contributed by atoms with van der Waals surface area (Å²) in [5, 5.41) is 4.91. The Morgan fingerprint density at radius 1 is 1.03 bits per heavy atom. The number of nitrogens with zero attached hydrogens (tertiary/aromatic N) is 1. The van der Waals surface area contributed by atoms with Crippen LogP contribution in [0.3, 0.4) is 0 Å². The predicted octanol–water partition coefficient (Wildman–Crippen LogP) is 4.38. The van der Waals surface area contributed by atoms with Crippen molar-refractivity contribution in [2.75, 3.05) is 20.8 Å². The maximum atomic E-state index is 13.4. The molecule has 0 spiro atoms. The third-order valence-corrected chi connectivity index (χ3v) is 6.05. The SMILES string of the molecule is C=CCN(C(=O)Cc1cccs1)[C@H](C(=O)NCc1ccc(OC)cc1)c1ccc(OC)cc1. The third kappa shape index (κ3) is 6.46. The molecule has 0 aliphatic carbocycles. The Balaban J connectivity index is 1.85. The molecule has 33 heavy (non-hydrogen) atoms. The van der Waals surface area contributed by atoms with Crippen molar-refractivity contribution in [3.8, 4) is 11.5 Å². The number of nitrogens with one attached hydrogen (secondary N) is 1. The van der Waals surface area contributed by atoms with Gasteiger partial charge in [-0.1, -0.05) is 36.4 Å². The summed E-state index contributed by atoms with van der Waals surface area (Å²) in [6, 6.07) is 17.7. The number of thiophene rings is 1. The van der Waals surface area contributed by atoms with Gasteiger partial charge in [0.25, 0.3) is 0 Å². The zero-order valence-electron chi connectivity index (χ0n) is 18.8. The van der Waals surface area contributed by atoms with Crippen molar-refractivity contribution in [2.45, 2.75) is 19.0 Å². The van der Waals surface area contributed by atoms with Gasteiger partial charge in [-0.3, -0.25) is 9.59 Å². The summed E-state index contributed by atoms with van der Waals surface area (Å²) in [5.74, 6) is 1.02. The number of carbonyl (C=O) groups excluding carboxylic acids is 2. The molecule has 2 amide bonds. The molecule has 0 unspecified atom stereocenters. The van der Waals surface area contributed by atoms with Gasteiger partial charge in [0, 0.05) is 18.0 Å². The van der Waals surface area contributed by atoms with Crippen LogP contribution in [-0.2, 0) is 22.6 Å². The highest BCUT2D eigenvalue weighted by Crippen LogP contribution is 2.25. The standard InChI is InChI=1S/C26H28N2O4S/c1-4-15-28(24(29)17-23-6-5-16-33-23)25(20-9-13-22(32-3)14-10-20)26(30)27-18-19-7-11-21(31-2)12-8-19/h4-14,16,25H,1,15,17-18H2,2-3H3,(H,27,30)/t25-/m0/s1. The first kappa shape index (κ1) is 24.1. The second-order valence-corrected chi connectivity index (χ2v) is 8.36. The average molecular weight is 465 g/mol. The highest BCUT2D eigenvalue weighted by molar-refractivity contribution is 7.10. The van der Waals surface area contributed by atoms with Gasteiger partial charge >= 0.3 is 0 Å². The second-order valence-electron chi connectivity index (χ2n) is 7.33. The maximum absolute atomic E-state index is 13.4. The van der Waals surface area contributed by atoms with Gasteiger partial charge in [0.15, 0.2) is 0 Å². The molecular weight excluding hydrogens is 436 g/mol. The van der Waals surface area contributed by atoms with Gasteiger partial charge in [-0.25, -0.2) is 0 Å². The van der Waals surface area contributed by atoms with E-state index in [1.807, 2.05) is 53.9 Å². The van der Waals surface area contributed by atoms with E-state index in [-0.39, 0.29) is 24.8 Å². The van der Waals surface area contributed by atoms with E-state index in [0.717, 1.165) is 16.2 Å². The lowest BCUT2D eigenvalue weighted by molar-refractivity contribution is -0.139. The van der Waals surface area contributed by atoms with E-state index in [1.54, 1.807) is 37.3 Å². The van der Waals surface area contributed by atoms with Crippen LogP contribution in [0, 0.1) is 0 Å². The third-order valence-electron chi connectivity index (χ3n) is 5.17. The maximum Gasteiger partial charge on any atom is 0.247 e. The van der Waals surface area contributed by atoms with Crippen molar-refractivity contribution >= 4 is 23.2 Å². The van der Waals surface area contributed by atoms with Crippen molar-refractivity contribution in [1.82, 2.24) is 10.2 Å². The Labute approximate surface area is 198 Å². The molecule has 3 aromatic rings.